The van der Waals surface area contributed by atoms with Crippen molar-refractivity contribution in [1.29, 1.82) is 0 Å². The van der Waals surface area contributed by atoms with E-state index in [1.165, 1.54) is 7.11 Å². The minimum absolute atomic E-state index is 0.216. The lowest BCUT2D eigenvalue weighted by molar-refractivity contribution is -0.140. The lowest BCUT2D eigenvalue weighted by Crippen LogP contribution is -2.48. The van der Waals surface area contributed by atoms with Gasteiger partial charge in [0.05, 0.1) is 26.9 Å². The number of nitrogens with one attached hydrogen (secondary N) is 1. The molecule has 70 valence electrons. The molecule has 4 nitrogen and oxygen atoms in total. The molecule has 1 rings (SSSR count). The van der Waals surface area contributed by atoms with Crippen LogP contribution in [0.2, 0.25) is 0 Å². The maximum atomic E-state index is 10.7. The van der Waals surface area contributed by atoms with Gasteiger partial charge in [0.25, 0.3) is 0 Å². The van der Waals surface area contributed by atoms with Gasteiger partial charge in [-0.3, -0.25) is 4.79 Å². The van der Waals surface area contributed by atoms with Crippen molar-refractivity contribution in [2.45, 2.75) is 6.92 Å². The molecule has 1 aliphatic rings. The first kappa shape index (κ1) is 9.48. The van der Waals surface area contributed by atoms with E-state index in [0.29, 0.717) is 0 Å². The predicted molar refractivity (Wildman–Crippen MR) is 43.8 cm³/mol. The van der Waals surface area contributed by atoms with Crippen molar-refractivity contribution in [2.75, 3.05) is 33.4 Å². The number of methoxy groups -OCH3 is 1. The minimum atomic E-state index is -0.223. The molecule has 0 spiro atoms. The molecule has 0 aromatic carbocycles. The van der Waals surface area contributed by atoms with Crippen LogP contribution in [0.15, 0.2) is 0 Å². The molecule has 0 saturated carbocycles. The molecule has 0 aliphatic carbocycles. The molecule has 0 aromatic heterocycles. The average molecular weight is 173 g/mol. The van der Waals surface area contributed by atoms with Crippen LogP contribution >= 0.6 is 0 Å². The zero-order valence-corrected chi connectivity index (χ0v) is 7.55. The molecule has 0 atom stereocenters. The summed E-state index contributed by atoms with van der Waals surface area (Å²) in [6.07, 6.45) is 0. The number of rotatable bonds is 4. The number of esters is 1. The molecule has 1 heterocycles. The van der Waals surface area contributed by atoms with Gasteiger partial charge in [0.1, 0.15) is 0 Å². The van der Waals surface area contributed by atoms with E-state index in [2.05, 4.69) is 17.0 Å². The van der Waals surface area contributed by atoms with Gasteiger partial charge in [-0.1, -0.05) is 6.92 Å². The zero-order chi connectivity index (χ0) is 9.03. The third-order valence-corrected chi connectivity index (χ3v) is 1.95. The van der Waals surface area contributed by atoms with Crippen LogP contribution in [0, 0.1) is 5.41 Å². The molecule has 1 N–H and O–H groups in total. The highest BCUT2D eigenvalue weighted by Crippen LogP contribution is 2.24. The Morgan fingerprint density at radius 1 is 1.67 bits per heavy atom. The van der Waals surface area contributed by atoms with E-state index >= 15 is 0 Å². The molecule has 0 radical (unpaired) electrons. The summed E-state index contributed by atoms with van der Waals surface area (Å²) in [5.41, 5.74) is 0.216. The van der Waals surface area contributed by atoms with E-state index in [1.54, 1.807) is 0 Å². The number of carbonyl (C=O) groups is 1. The second kappa shape index (κ2) is 3.87. The fraction of sp³-hybridized carbons (Fsp3) is 0.875. The van der Waals surface area contributed by atoms with Crippen LogP contribution in [0.25, 0.3) is 0 Å². The van der Waals surface area contributed by atoms with Gasteiger partial charge in [0.2, 0.25) is 0 Å². The van der Waals surface area contributed by atoms with Gasteiger partial charge in [0.15, 0.2) is 0 Å². The Balaban J connectivity index is 2.05. The van der Waals surface area contributed by atoms with Crippen molar-refractivity contribution in [3.8, 4) is 0 Å². The van der Waals surface area contributed by atoms with Crippen LogP contribution in [-0.2, 0) is 14.3 Å². The molecular formula is C8H15NO3. The number of carbonyl (C=O) groups excluding carboxylic acids is 1. The fourth-order valence-electron chi connectivity index (χ4n) is 1.09. The quantitative estimate of drug-likeness (QED) is 0.597. The second-order valence-corrected chi connectivity index (χ2v) is 3.48. The summed E-state index contributed by atoms with van der Waals surface area (Å²) in [7, 11) is 1.39. The van der Waals surface area contributed by atoms with E-state index in [-0.39, 0.29) is 17.9 Å². The Kier molecular flexibility index (Phi) is 3.05. The molecule has 0 unspecified atom stereocenters. The molecule has 1 fully saturated rings. The van der Waals surface area contributed by atoms with Crippen molar-refractivity contribution in [1.82, 2.24) is 5.32 Å². The maximum Gasteiger partial charge on any atom is 0.319 e. The topological polar surface area (TPSA) is 47.6 Å². The van der Waals surface area contributed by atoms with Gasteiger partial charge < -0.3 is 14.8 Å². The Hall–Kier alpha value is -0.610. The van der Waals surface area contributed by atoms with Gasteiger partial charge in [0, 0.05) is 12.0 Å². The third kappa shape index (κ3) is 2.46. The van der Waals surface area contributed by atoms with Crippen molar-refractivity contribution in [3.05, 3.63) is 0 Å². The second-order valence-electron chi connectivity index (χ2n) is 3.48. The molecule has 1 saturated heterocycles. The molecule has 4 heteroatoms. The number of hydrogen-bond acceptors (Lipinski definition) is 4. The van der Waals surface area contributed by atoms with Crippen molar-refractivity contribution in [2.24, 2.45) is 5.41 Å². The summed E-state index contributed by atoms with van der Waals surface area (Å²) < 4.78 is 9.55. The van der Waals surface area contributed by atoms with E-state index in [9.17, 15) is 4.79 Å². The minimum Gasteiger partial charge on any atom is -0.468 e. The third-order valence-electron chi connectivity index (χ3n) is 1.95. The Morgan fingerprint density at radius 3 is 2.75 bits per heavy atom. The smallest absolute Gasteiger partial charge is 0.319 e. The maximum absolute atomic E-state index is 10.7. The Labute approximate surface area is 72.2 Å². The van der Waals surface area contributed by atoms with Crippen LogP contribution < -0.4 is 5.32 Å². The first-order valence-corrected chi connectivity index (χ1v) is 4.02. The summed E-state index contributed by atoms with van der Waals surface area (Å²) in [5.74, 6) is -0.223. The van der Waals surface area contributed by atoms with E-state index in [1.807, 2.05) is 0 Å². The first-order chi connectivity index (χ1) is 5.66. The van der Waals surface area contributed by atoms with Crippen molar-refractivity contribution >= 4 is 5.97 Å². The van der Waals surface area contributed by atoms with Crippen molar-refractivity contribution < 1.29 is 14.3 Å². The van der Waals surface area contributed by atoms with Crippen LogP contribution in [0.5, 0.6) is 0 Å². The van der Waals surface area contributed by atoms with Crippen LogP contribution in [0.1, 0.15) is 6.92 Å². The van der Waals surface area contributed by atoms with Crippen LogP contribution in [0.4, 0.5) is 0 Å². The van der Waals surface area contributed by atoms with Gasteiger partial charge >= 0.3 is 5.97 Å². The first-order valence-electron chi connectivity index (χ1n) is 4.02. The van der Waals surface area contributed by atoms with Gasteiger partial charge in [-0.15, -0.1) is 0 Å². The van der Waals surface area contributed by atoms with Gasteiger partial charge in [-0.05, 0) is 0 Å². The lowest BCUT2D eigenvalue weighted by Gasteiger charge is -2.38. The molecule has 0 bridgehead atoms. The summed E-state index contributed by atoms with van der Waals surface area (Å²) >= 11 is 0. The molecule has 1 aliphatic heterocycles. The Bertz CT molecular complexity index is 166. The lowest BCUT2D eigenvalue weighted by atomic mass is 9.89. The highest BCUT2D eigenvalue weighted by Gasteiger charge is 2.32. The summed E-state index contributed by atoms with van der Waals surface area (Å²) in [6, 6.07) is 0. The number of ether oxygens (including phenoxy) is 2. The predicted octanol–water partition coefficient (Wildman–Crippen LogP) is -0.215. The summed E-state index contributed by atoms with van der Waals surface area (Å²) in [5, 5.41) is 3.02. The monoisotopic (exact) mass is 173 g/mol. The standard InChI is InChI=1S/C8H15NO3/c1-8(5-12-6-8)4-9-3-7(10)11-2/h9H,3-6H2,1-2H3. The van der Waals surface area contributed by atoms with E-state index in [0.717, 1.165) is 19.8 Å². The van der Waals surface area contributed by atoms with Gasteiger partial charge in [-0.2, -0.15) is 0 Å². The summed E-state index contributed by atoms with van der Waals surface area (Å²) in [6.45, 7) is 4.78. The largest absolute Gasteiger partial charge is 0.468 e. The van der Waals surface area contributed by atoms with Gasteiger partial charge in [-0.25, -0.2) is 0 Å². The number of hydrogen-bond donors (Lipinski definition) is 1. The van der Waals surface area contributed by atoms with E-state index in [4.69, 9.17) is 4.74 Å². The van der Waals surface area contributed by atoms with Crippen LogP contribution in [0.3, 0.4) is 0 Å². The molecule has 12 heavy (non-hydrogen) atoms. The average Bonchev–Trinajstić information content (AvgIpc) is 2.01. The SMILES string of the molecule is COC(=O)CNCC1(C)COC1. The Morgan fingerprint density at radius 2 is 2.33 bits per heavy atom. The highest BCUT2D eigenvalue weighted by atomic mass is 16.5. The molecular weight excluding hydrogens is 158 g/mol. The summed E-state index contributed by atoms with van der Waals surface area (Å²) in [4.78, 5) is 10.7. The fourth-order valence-corrected chi connectivity index (χ4v) is 1.09. The highest BCUT2D eigenvalue weighted by molar-refractivity contribution is 5.71. The molecule has 0 aromatic rings. The zero-order valence-electron chi connectivity index (χ0n) is 7.55. The molecule has 0 amide bonds. The normalized spacial score (nSPS) is 19.8. The van der Waals surface area contributed by atoms with E-state index < -0.39 is 0 Å². The van der Waals surface area contributed by atoms with Crippen LogP contribution in [-0.4, -0.2) is 39.4 Å². The van der Waals surface area contributed by atoms with Crippen molar-refractivity contribution in [3.63, 3.8) is 0 Å².